The third kappa shape index (κ3) is 4.14. The van der Waals surface area contributed by atoms with Crippen molar-refractivity contribution in [1.29, 1.82) is 0 Å². The van der Waals surface area contributed by atoms with Crippen LogP contribution in [0.15, 0.2) is 82.7 Å². The highest BCUT2D eigenvalue weighted by Crippen LogP contribution is 2.31. The van der Waals surface area contributed by atoms with E-state index in [9.17, 15) is 9.18 Å². The van der Waals surface area contributed by atoms with Gasteiger partial charge in [0, 0.05) is 5.75 Å². The van der Waals surface area contributed by atoms with E-state index in [0.717, 1.165) is 5.56 Å². The number of ether oxygens (including phenoxy) is 2. The Morgan fingerprint density at radius 2 is 1.84 bits per heavy atom. The zero-order valence-electron chi connectivity index (χ0n) is 16.5. The van der Waals surface area contributed by atoms with E-state index in [-0.39, 0.29) is 17.5 Å². The molecule has 0 unspecified atom stereocenters. The maximum Gasteiger partial charge on any atom is 0.262 e. The van der Waals surface area contributed by atoms with E-state index >= 15 is 0 Å². The zero-order valence-corrected chi connectivity index (χ0v) is 17.3. The molecule has 5 nitrogen and oxygen atoms in total. The standard InChI is InChI=1S/C24H19FN2O3S/c25-17-7-5-6-16(12-17)15-31-24-26-20-9-2-1-8-19(20)23(28)27(24)13-18-14-29-21-10-3-4-11-22(21)30-18/h1-12,18H,13-15H2/t18-/m1/s1. The molecule has 1 aliphatic heterocycles. The Bertz CT molecular complexity index is 1310. The molecule has 0 fully saturated rings. The van der Waals surface area contributed by atoms with Gasteiger partial charge in [-0.15, -0.1) is 0 Å². The minimum atomic E-state index is -0.330. The van der Waals surface area contributed by atoms with Crippen molar-refractivity contribution >= 4 is 22.7 Å². The van der Waals surface area contributed by atoms with Crippen LogP contribution in [0.2, 0.25) is 0 Å². The molecule has 156 valence electrons. The summed E-state index contributed by atoms with van der Waals surface area (Å²) in [7, 11) is 0. The average Bonchev–Trinajstić information content (AvgIpc) is 2.80. The maximum atomic E-state index is 13.6. The van der Waals surface area contributed by atoms with E-state index in [1.165, 1.54) is 23.9 Å². The molecule has 0 spiro atoms. The lowest BCUT2D eigenvalue weighted by Crippen LogP contribution is -2.37. The van der Waals surface area contributed by atoms with Crippen molar-refractivity contribution in [2.24, 2.45) is 0 Å². The molecule has 0 aliphatic carbocycles. The third-order valence-electron chi connectivity index (χ3n) is 5.04. The van der Waals surface area contributed by atoms with E-state index in [0.29, 0.717) is 46.5 Å². The monoisotopic (exact) mass is 434 g/mol. The van der Waals surface area contributed by atoms with Gasteiger partial charge in [-0.1, -0.05) is 48.2 Å². The molecule has 1 aromatic heterocycles. The largest absolute Gasteiger partial charge is 0.486 e. The third-order valence-corrected chi connectivity index (χ3v) is 6.08. The predicted octanol–water partition coefficient (Wildman–Crippen LogP) is 4.67. The summed E-state index contributed by atoms with van der Waals surface area (Å²) in [6.45, 7) is 0.640. The number of thioether (sulfide) groups is 1. The van der Waals surface area contributed by atoms with Crippen molar-refractivity contribution in [1.82, 2.24) is 9.55 Å². The predicted molar refractivity (Wildman–Crippen MR) is 118 cm³/mol. The fraction of sp³-hybridized carbons (Fsp3) is 0.167. The Morgan fingerprint density at radius 1 is 1.03 bits per heavy atom. The Balaban J connectivity index is 1.47. The van der Waals surface area contributed by atoms with Crippen molar-refractivity contribution in [3.05, 3.63) is 94.5 Å². The van der Waals surface area contributed by atoms with Crippen molar-refractivity contribution in [2.45, 2.75) is 23.6 Å². The average molecular weight is 434 g/mol. The quantitative estimate of drug-likeness (QED) is 0.338. The van der Waals surface area contributed by atoms with Crippen LogP contribution in [0.1, 0.15) is 5.56 Å². The highest BCUT2D eigenvalue weighted by atomic mass is 32.2. The van der Waals surface area contributed by atoms with Crippen LogP contribution in [0.3, 0.4) is 0 Å². The zero-order chi connectivity index (χ0) is 21.2. The lowest BCUT2D eigenvalue weighted by Gasteiger charge is -2.27. The highest BCUT2D eigenvalue weighted by Gasteiger charge is 2.23. The molecular formula is C24H19FN2O3S. The summed E-state index contributed by atoms with van der Waals surface area (Å²) in [5.41, 5.74) is 1.33. The van der Waals surface area contributed by atoms with Crippen LogP contribution < -0.4 is 15.0 Å². The molecule has 0 amide bonds. The highest BCUT2D eigenvalue weighted by molar-refractivity contribution is 7.98. The number of rotatable bonds is 5. The summed E-state index contributed by atoms with van der Waals surface area (Å²) in [5, 5.41) is 1.12. The van der Waals surface area contributed by atoms with Gasteiger partial charge < -0.3 is 9.47 Å². The van der Waals surface area contributed by atoms with Crippen LogP contribution >= 0.6 is 11.8 Å². The van der Waals surface area contributed by atoms with Crippen LogP contribution in [-0.2, 0) is 12.3 Å². The molecule has 0 saturated carbocycles. The van der Waals surface area contributed by atoms with Gasteiger partial charge in [0.15, 0.2) is 22.8 Å². The first kappa shape index (κ1) is 19.6. The van der Waals surface area contributed by atoms with Gasteiger partial charge in [0.05, 0.1) is 17.4 Å². The SMILES string of the molecule is O=c1c2ccccc2nc(SCc2cccc(F)c2)n1C[C@@H]1COc2ccccc2O1. The second-order valence-electron chi connectivity index (χ2n) is 7.24. The molecule has 0 saturated heterocycles. The molecular weight excluding hydrogens is 415 g/mol. The van der Waals surface area contributed by atoms with Crippen molar-refractivity contribution in [2.75, 3.05) is 6.61 Å². The molecule has 31 heavy (non-hydrogen) atoms. The van der Waals surface area contributed by atoms with E-state index in [1.54, 1.807) is 16.7 Å². The van der Waals surface area contributed by atoms with Gasteiger partial charge in [0.1, 0.15) is 12.4 Å². The minimum absolute atomic E-state index is 0.130. The van der Waals surface area contributed by atoms with Gasteiger partial charge in [-0.2, -0.15) is 0 Å². The molecule has 2 heterocycles. The van der Waals surface area contributed by atoms with Gasteiger partial charge in [-0.25, -0.2) is 9.37 Å². The Hall–Kier alpha value is -3.32. The summed E-state index contributed by atoms with van der Waals surface area (Å²) in [5.74, 6) is 1.57. The first-order valence-corrected chi connectivity index (χ1v) is 10.9. The number of hydrogen-bond donors (Lipinski definition) is 0. The Morgan fingerprint density at radius 3 is 2.71 bits per heavy atom. The van der Waals surface area contributed by atoms with E-state index in [2.05, 4.69) is 0 Å². The number of para-hydroxylation sites is 3. The number of hydrogen-bond acceptors (Lipinski definition) is 5. The second kappa shape index (κ2) is 8.43. The lowest BCUT2D eigenvalue weighted by molar-refractivity contribution is 0.0757. The van der Waals surface area contributed by atoms with Crippen LogP contribution in [0.4, 0.5) is 4.39 Å². The fourth-order valence-electron chi connectivity index (χ4n) is 3.55. The number of fused-ring (bicyclic) bond motifs is 2. The number of aromatic nitrogens is 2. The van der Waals surface area contributed by atoms with E-state index in [4.69, 9.17) is 14.5 Å². The van der Waals surface area contributed by atoms with Crippen LogP contribution in [0.5, 0.6) is 11.5 Å². The molecule has 7 heteroatoms. The van der Waals surface area contributed by atoms with Gasteiger partial charge in [0.25, 0.3) is 5.56 Å². The molecule has 0 bridgehead atoms. The maximum absolute atomic E-state index is 13.6. The summed E-state index contributed by atoms with van der Waals surface area (Å²) >= 11 is 1.40. The van der Waals surface area contributed by atoms with E-state index in [1.807, 2.05) is 48.5 Å². The van der Waals surface area contributed by atoms with Crippen LogP contribution in [-0.4, -0.2) is 22.3 Å². The van der Waals surface area contributed by atoms with Crippen LogP contribution in [0, 0.1) is 5.82 Å². The van der Waals surface area contributed by atoms with Gasteiger partial charge >= 0.3 is 0 Å². The van der Waals surface area contributed by atoms with Crippen molar-refractivity contribution in [3.8, 4) is 11.5 Å². The summed E-state index contributed by atoms with van der Waals surface area (Å²) in [4.78, 5) is 18.0. The molecule has 3 aromatic carbocycles. The second-order valence-corrected chi connectivity index (χ2v) is 8.19. The van der Waals surface area contributed by atoms with Gasteiger partial charge in [-0.05, 0) is 42.0 Å². The molecule has 0 N–H and O–H groups in total. The lowest BCUT2D eigenvalue weighted by atomic mass is 10.2. The Labute approximate surface area is 182 Å². The summed E-state index contributed by atoms with van der Waals surface area (Å²) in [6.07, 6.45) is -0.330. The van der Waals surface area contributed by atoms with Gasteiger partial charge in [-0.3, -0.25) is 9.36 Å². The normalized spacial score (nSPS) is 15.2. The topological polar surface area (TPSA) is 53.4 Å². The van der Waals surface area contributed by atoms with Gasteiger partial charge in [0.2, 0.25) is 0 Å². The van der Waals surface area contributed by atoms with Crippen molar-refractivity contribution in [3.63, 3.8) is 0 Å². The number of halogens is 1. The molecule has 0 radical (unpaired) electrons. The summed E-state index contributed by atoms with van der Waals surface area (Å²) in [6, 6.07) is 21.2. The smallest absolute Gasteiger partial charge is 0.262 e. The Kier molecular flexibility index (Phi) is 5.34. The molecule has 1 atom stereocenters. The molecule has 1 aliphatic rings. The number of benzene rings is 3. The summed E-state index contributed by atoms with van der Waals surface area (Å²) < 4.78 is 27.1. The molecule has 5 rings (SSSR count). The first-order valence-electron chi connectivity index (χ1n) is 9.93. The van der Waals surface area contributed by atoms with Crippen LogP contribution in [0.25, 0.3) is 10.9 Å². The first-order chi connectivity index (χ1) is 15.2. The fourth-order valence-corrected chi connectivity index (χ4v) is 4.50. The van der Waals surface area contributed by atoms with Crippen molar-refractivity contribution < 1.29 is 13.9 Å². The number of nitrogens with zero attached hydrogens (tertiary/aromatic N) is 2. The van der Waals surface area contributed by atoms with E-state index < -0.39 is 0 Å². The minimum Gasteiger partial charge on any atom is -0.486 e. The molecule has 4 aromatic rings.